The van der Waals surface area contributed by atoms with Gasteiger partial charge in [0.2, 0.25) is 5.91 Å². The van der Waals surface area contributed by atoms with Gasteiger partial charge in [0.1, 0.15) is 0 Å². The van der Waals surface area contributed by atoms with Crippen LogP contribution in [0.2, 0.25) is 0 Å². The third-order valence-corrected chi connectivity index (χ3v) is 3.80. The van der Waals surface area contributed by atoms with Crippen molar-refractivity contribution in [1.82, 2.24) is 5.32 Å². The van der Waals surface area contributed by atoms with Crippen LogP contribution >= 0.6 is 0 Å². The van der Waals surface area contributed by atoms with Gasteiger partial charge in [0.25, 0.3) is 0 Å². The second-order valence-electron chi connectivity index (χ2n) is 4.86. The van der Waals surface area contributed by atoms with Gasteiger partial charge in [0.15, 0.2) is 0 Å². The number of carbonyl (C=O) groups is 1. The molecule has 1 amide bonds. The van der Waals surface area contributed by atoms with Crippen LogP contribution in [0.3, 0.4) is 0 Å². The van der Waals surface area contributed by atoms with Crippen LogP contribution in [0.4, 0.5) is 0 Å². The van der Waals surface area contributed by atoms with Crippen LogP contribution in [-0.2, 0) is 4.79 Å². The number of rotatable bonds is 2. The second kappa shape index (κ2) is 3.91. The van der Waals surface area contributed by atoms with E-state index in [0.717, 1.165) is 13.0 Å². The van der Waals surface area contributed by atoms with Crippen molar-refractivity contribution in [2.75, 3.05) is 6.54 Å². The molecule has 3 heteroatoms. The summed E-state index contributed by atoms with van der Waals surface area (Å²) in [5, 5.41) is 6.04. The Labute approximate surface area is 100 Å². The fourth-order valence-electron chi connectivity index (χ4n) is 3.00. The lowest BCUT2D eigenvalue weighted by atomic mass is 9.84. The summed E-state index contributed by atoms with van der Waals surface area (Å²) in [5.41, 5.74) is 6.60. The predicted octanol–water partition coefficient (Wildman–Crippen LogP) is -0.310. The number of carbonyl (C=O) groups excluding carboxylic acids is 1. The van der Waals surface area contributed by atoms with Crippen molar-refractivity contribution < 1.29 is 4.79 Å². The average molecular weight is 228 g/mol. The molecule has 2 aliphatic rings. The summed E-state index contributed by atoms with van der Waals surface area (Å²) >= 11 is 0. The summed E-state index contributed by atoms with van der Waals surface area (Å²) < 4.78 is 0. The van der Waals surface area contributed by atoms with Crippen LogP contribution in [0.5, 0.6) is 0 Å². The number of primary amides is 1. The Morgan fingerprint density at radius 1 is 1.41 bits per heavy atom. The van der Waals surface area contributed by atoms with Gasteiger partial charge < -0.3 is 11.1 Å². The highest BCUT2D eigenvalue weighted by Crippen LogP contribution is 2.32. The van der Waals surface area contributed by atoms with Crippen molar-refractivity contribution in [3.05, 3.63) is 34.7 Å². The molecular weight excluding hydrogens is 212 g/mol. The molecule has 3 N–H and O–H groups in total. The van der Waals surface area contributed by atoms with Crippen LogP contribution < -0.4 is 21.5 Å². The van der Waals surface area contributed by atoms with Crippen molar-refractivity contribution >= 4 is 17.7 Å². The Morgan fingerprint density at radius 2 is 2.24 bits per heavy atom. The normalized spacial score (nSPS) is 25.5. The molecule has 2 unspecified atom stereocenters. The van der Waals surface area contributed by atoms with Crippen LogP contribution in [0.1, 0.15) is 12.8 Å². The fraction of sp³-hybridized carbons (Fsp3) is 0.357. The van der Waals surface area contributed by atoms with Gasteiger partial charge in [-0.3, -0.25) is 4.79 Å². The first-order chi connectivity index (χ1) is 8.25. The van der Waals surface area contributed by atoms with E-state index in [2.05, 4.69) is 35.7 Å². The van der Waals surface area contributed by atoms with Gasteiger partial charge in [-0.2, -0.15) is 0 Å². The van der Waals surface area contributed by atoms with Crippen molar-refractivity contribution in [3.63, 3.8) is 0 Å². The zero-order valence-electron chi connectivity index (χ0n) is 9.65. The van der Waals surface area contributed by atoms with E-state index in [4.69, 9.17) is 5.73 Å². The average Bonchev–Trinajstić information content (AvgIpc) is 2.72. The van der Waals surface area contributed by atoms with Crippen molar-refractivity contribution in [2.45, 2.75) is 12.8 Å². The summed E-state index contributed by atoms with van der Waals surface area (Å²) in [7, 11) is 0. The third-order valence-electron chi connectivity index (χ3n) is 3.80. The molecule has 2 atom stereocenters. The first-order valence-electron chi connectivity index (χ1n) is 6.07. The molecule has 1 heterocycles. The van der Waals surface area contributed by atoms with Crippen LogP contribution in [0.15, 0.2) is 24.3 Å². The molecule has 0 aromatic heterocycles. The maximum absolute atomic E-state index is 11.1. The minimum Gasteiger partial charge on any atom is -0.387 e. The first-order valence-corrected chi connectivity index (χ1v) is 6.07. The van der Waals surface area contributed by atoms with E-state index >= 15 is 0 Å². The highest BCUT2D eigenvalue weighted by Gasteiger charge is 2.33. The van der Waals surface area contributed by atoms with E-state index in [0.29, 0.717) is 18.3 Å². The van der Waals surface area contributed by atoms with Crippen molar-refractivity contribution in [1.29, 1.82) is 0 Å². The number of nitrogens with two attached hydrogens (primary N) is 1. The Balaban J connectivity index is 2.04. The van der Waals surface area contributed by atoms with Crippen LogP contribution in [-0.4, -0.2) is 12.5 Å². The summed E-state index contributed by atoms with van der Waals surface area (Å²) in [4.78, 5) is 11.1. The second-order valence-corrected chi connectivity index (χ2v) is 4.86. The number of nitrogens with one attached hydrogen (secondary N) is 1. The number of hydrogen-bond acceptors (Lipinski definition) is 2. The van der Waals surface area contributed by atoms with E-state index < -0.39 is 0 Å². The monoisotopic (exact) mass is 228 g/mol. The molecule has 1 aromatic rings. The summed E-state index contributed by atoms with van der Waals surface area (Å²) in [6, 6.07) is 8.41. The highest BCUT2D eigenvalue weighted by molar-refractivity contribution is 5.74. The molecule has 1 aliphatic carbocycles. The summed E-state index contributed by atoms with van der Waals surface area (Å²) in [6.45, 7) is 0.866. The Hall–Kier alpha value is -1.77. The molecule has 1 aliphatic heterocycles. The molecule has 0 spiro atoms. The lowest BCUT2D eigenvalue weighted by molar-refractivity contribution is -0.119. The van der Waals surface area contributed by atoms with Crippen molar-refractivity contribution in [3.8, 4) is 0 Å². The smallest absolute Gasteiger partial charge is 0.217 e. The van der Waals surface area contributed by atoms with Crippen LogP contribution in [0, 0.1) is 11.8 Å². The van der Waals surface area contributed by atoms with Gasteiger partial charge in [0, 0.05) is 29.8 Å². The molecule has 0 saturated carbocycles. The topological polar surface area (TPSA) is 55.1 Å². The van der Waals surface area contributed by atoms with Gasteiger partial charge in [-0.05, 0) is 17.6 Å². The van der Waals surface area contributed by atoms with E-state index in [1.807, 2.05) is 0 Å². The summed E-state index contributed by atoms with van der Waals surface area (Å²) in [6.07, 6.45) is 3.76. The van der Waals surface area contributed by atoms with Crippen molar-refractivity contribution in [2.24, 2.45) is 17.6 Å². The zero-order valence-corrected chi connectivity index (χ0v) is 9.65. The molecule has 17 heavy (non-hydrogen) atoms. The van der Waals surface area contributed by atoms with E-state index in [1.165, 1.54) is 16.1 Å². The van der Waals surface area contributed by atoms with Gasteiger partial charge in [0.05, 0.1) is 0 Å². The lowest BCUT2D eigenvalue weighted by Gasteiger charge is -2.19. The van der Waals surface area contributed by atoms with Crippen LogP contribution in [0.25, 0.3) is 11.8 Å². The Morgan fingerprint density at radius 3 is 3.06 bits per heavy atom. The standard InChI is InChI=1S/C14H16N2O/c15-13(17)7-10-8-16-14-11-4-2-1-3-9(11)5-6-12(10)14/h1-5,10,12,16H,6-8H2,(H2,15,17). The Kier molecular flexibility index (Phi) is 2.39. The maximum Gasteiger partial charge on any atom is 0.217 e. The third kappa shape index (κ3) is 1.71. The maximum atomic E-state index is 11.1. The zero-order chi connectivity index (χ0) is 11.8. The minimum absolute atomic E-state index is 0.197. The summed E-state index contributed by atoms with van der Waals surface area (Å²) in [5.74, 6) is 0.599. The number of amides is 1. The van der Waals surface area contributed by atoms with Gasteiger partial charge in [-0.25, -0.2) is 0 Å². The van der Waals surface area contributed by atoms with E-state index in [1.54, 1.807) is 0 Å². The molecule has 88 valence electrons. The van der Waals surface area contributed by atoms with E-state index in [-0.39, 0.29) is 5.91 Å². The predicted molar refractivity (Wildman–Crippen MR) is 67.0 cm³/mol. The lowest BCUT2D eigenvalue weighted by Crippen LogP contribution is -2.34. The molecule has 0 bridgehead atoms. The molecule has 3 nitrogen and oxygen atoms in total. The van der Waals surface area contributed by atoms with Gasteiger partial charge in [-0.1, -0.05) is 30.3 Å². The number of benzene rings is 1. The SMILES string of the molecule is NC(=O)CC1CNC2=c3ccccc3=CCC21. The van der Waals surface area contributed by atoms with Gasteiger partial charge in [-0.15, -0.1) is 0 Å². The van der Waals surface area contributed by atoms with E-state index in [9.17, 15) is 4.79 Å². The molecular formula is C14H16N2O. The number of fused-ring (bicyclic) bond motifs is 2. The molecule has 0 radical (unpaired) electrons. The highest BCUT2D eigenvalue weighted by atomic mass is 16.1. The minimum atomic E-state index is -0.197. The fourth-order valence-corrected chi connectivity index (χ4v) is 3.00. The molecule has 1 saturated heterocycles. The largest absolute Gasteiger partial charge is 0.387 e. The molecule has 1 aromatic carbocycles. The van der Waals surface area contributed by atoms with Gasteiger partial charge >= 0.3 is 0 Å². The molecule has 3 rings (SSSR count). The first kappa shape index (κ1) is 10.4. The number of hydrogen-bond donors (Lipinski definition) is 2. The quantitative estimate of drug-likeness (QED) is 0.729. The Bertz CT molecular complexity index is 576. The molecule has 1 fully saturated rings.